The molecule has 0 aliphatic carbocycles. The van der Waals surface area contributed by atoms with Gasteiger partial charge in [-0.3, -0.25) is 0 Å². The lowest BCUT2D eigenvalue weighted by Gasteiger charge is -2.22. The minimum absolute atomic E-state index is 0.476. The third kappa shape index (κ3) is 4.22. The van der Waals surface area contributed by atoms with Crippen molar-refractivity contribution in [3.63, 3.8) is 0 Å². The van der Waals surface area contributed by atoms with Gasteiger partial charge < -0.3 is 15.4 Å². The molecule has 1 aromatic heterocycles. The maximum Gasteiger partial charge on any atom is 0.0600 e. The van der Waals surface area contributed by atoms with Crippen LogP contribution in [0.5, 0.6) is 0 Å². The topological polar surface area (TPSA) is 33.3 Å². The van der Waals surface area contributed by atoms with Gasteiger partial charge in [-0.25, -0.2) is 0 Å². The highest BCUT2D eigenvalue weighted by molar-refractivity contribution is 7.07. The highest BCUT2D eigenvalue weighted by Gasteiger charge is 2.12. The van der Waals surface area contributed by atoms with E-state index in [-0.39, 0.29) is 0 Å². The number of ether oxygens (including phenoxy) is 1. The summed E-state index contributed by atoms with van der Waals surface area (Å²) in [6, 6.07) is 2.16. The van der Waals surface area contributed by atoms with Gasteiger partial charge in [0.25, 0.3) is 0 Å². The van der Waals surface area contributed by atoms with Crippen molar-refractivity contribution in [2.24, 2.45) is 0 Å². The van der Waals surface area contributed by atoms with Gasteiger partial charge in [-0.1, -0.05) is 0 Å². The fourth-order valence-electron chi connectivity index (χ4n) is 1.89. The Balaban J connectivity index is 1.48. The van der Waals surface area contributed by atoms with Crippen LogP contribution in [0.4, 0.5) is 0 Å². The van der Waals surface area contributed by atoms with E-state index >= 15 is 0 Å². The van der Waals surface area contributed by atoms with Gasteiger partial charge in [-0.2, -0.15) is 11.3 Å². The highest BCUT2D eigenvalue weighted by Crippen LogP contribution is 2.07. The van der Waals surface area contributed by atoms with Crippen LogP contribution < -0.4 is 10.6 Å². The molecule has 1 aromatic rings. The molecule has 0 bridgehead atoms. The second-order valence-corrected chi connectivity index (χ2v) is 4.91. The number of piperidine rings is 1. The molecular formula is C12H20N2OS. The first-order valence-corrected chi connectivity index (χ1v) is 6.93. The van der Waals surface area contributed by atoms with Crippen molar-refractivity contribution in [1.82, 2.24) is 10.6 Å². The summed E-state index contributed by atoms with van der Waals surface area (Å²) >= 11 is 1.75. The molecule has 16 heavy (non-hydrogen) atoms. The lowest BCUT2D eigenvalue weighted by molar-refractivity contribution is 0.0347. The van der Waals surface area contributed by atoms with Crippen LogP contribution in [0, 0.1) is 0 Å². The lowest BCUT2D eigenvalue weighted by Crippen LogP contribution is -2.33. The molecule has 0 unspecified atom stereocenters. The summed E-state index contributed by atoms with van der Waals surface area (Å²) in [5, 5.41) is 11.0. The van der Waals surface area contributed by atoms with Crippen molar-refractivity contribution in [2.45, 2.75) is 25.5 Å². The number of hydrogen-bond acceptors (Lipinski definition) is 4. The van der Waals surface area contributed by atoms with Crippen LogP contribution in [0.15, 0.2) is 16.8 Å². The van der Waals surface area contributed by atoms with Gasteiger partial charge in [0.2, 0.25) is 0 Å². The summed E-state index contributed by atoms with van der Waals surface area (Å²) in [5.41, 5.74) is 1.37. The van der Waals surface area contributed by atoms with Crippen molar-refractivity contribution >= 4 is 11.3 Å². The van der Waals surface area contributed by atoms with E-state index in [9.17, 15) is 0 Å². The van der Waals surface area contributed by atoms with Crippen LogP contribution >= 0.6 is 11.3 Å². The normalized spacial score (nSPS) is 17.8. The fourth-order valence-corrected chi connectivity index (χ4v) is 2.55. The molecule has 1 aliphatic heterocycles. The zero-order valence-electron chi connectivity index (χ0n) is 9.58. The molecule has 0 spiro atoms. The van der Waals surface area contributed by atoms with E-state index in [4.69, 9.17) is 4.74 Å². The van der Waals surface area contributed by atoms with Crippen molar-refractivity contribution in [3.05, 3.63) is 22.4 Å². The Morgan fingerprint density at radius 2 is 2.31 bits per heavy atom. The fraction of sp³-hybridized carbons (Fsp3) is 0.667. The smallest absolute Gasteiger partial charge is 0.0600 e. The number of nitrogens with one attached hydrogen (secondary N) is 2. The van der Waals surface area contributed by atoms with Crippen LogP contribution in [0.2, 0.25) is 0 Å². The third-order valence-corrected chi connectivity index (χ3v) is 3.56. The van der Waals surface area contributed by atoms with Gasteiger partial charge in [0.05, 0.1) is 12.7 Å². The summed E-state index contributed by atoms with van der Waals surface area (Å²) in [6.07, 6.45) is 2.79. The highest BCUT2D eigenvalue weighted by atomic mass is 32.1. The molecule has 1 saturated heterocycles. The van der Waals surface area contributed by atoms with Crippen molar-refractivity contribution in [1.29, 1.82) is 0 Å². The second kappa shape index (κ2) is 7.01. The predicted octanol–water partition coefficient (Wildman–Crippen LogP) is 1.61. The first-order chi connectivity index (χ1) is 7.95. The maximum atomic E-state index is 5.80. The molecule has 0 amide bonds. The molecule has 2 heterocycles. The van der Waals surface area contributed by atoms with Gasteiger partial charge in [0.1, 0.15) is 0 Å². The maximum absolute atomic E-state index is 5.80. The van der Waals surface area contributed by atoms with Crippen molar-refractivity contribution in [2.75, 3.05) is 26.2 Å². The van der Waals surface area contributed by atoms with Gasteiger partial charge in [-0.15, -0.1) is 0 Å². The van der Waals surface area contributed by atoms with E-state index in [0.29, 0.717) is 6.10 Å². The molecule has 1 aliphatic rings. The molecule has 0 radical (unpaired) electrons. The first-order valence-electron chi connectivity index (χ1n) is 5.99. The molecule has 90 valence electrons. The zero-order valence-corrected chi connectivity index (χ0v) is 10.4. The quantitative estimate of drug-likeness (QED) is 0.741. The van der Waals surface area contributed by atoms with E-state index in [1.54, 1.807) is 11.3 Å². The van der Waals surface area contributed by atoms with Gasteiger partial charge >= 0.3 is 0 Å². The summed E-state index contributed by atoms with van der Waals surface area (Å²) in [4.78, 5) is 0. The summed E-state index contributed by atoms with van der Waals surface area (Å²) < 4.78 is 5.80. The minimum atomic E-state index is 0.476. The molecule has 0 saturated carbocycles. The molecule has 2 N–H and O–H groups in total. The van der Waals surface area contributed by atoms with E-state index in [1.165, 1.54) is 5.56 Å². The Morgan fingerprint density at radius 1 is 1.44 bits per heavy atom. The van der Waals surface area contributed by atoms with Crippen LogP contribution in [-0.2, 0) is 11.3 Å². The largest absolute Gasteiger partial charge is 0.377 e. The van der Waals surface area contributed by atoms with Crippen LogP contribution in [0.3, 0.4) is 0 Å². The molecular weight excluding hydrogens is 220 g/mol. The molecule has 4 heteroatoms. The number of rotatable bonds is 6. The standard InChI is InChI=1S/C12H20N2OS/c1-4-13-5-2-12(1)15-7-6-14-9-11-3-8-16-10-11/h3,8,10,12-14H,1-2,4-7,9H2. The second-order valence-electron chi connectivity index (χ2n) is 4.13. The number of hydrogen-bond donors (Lipinski definition) is 2. The minimum Gasteiger partial charge on any atom is -0.377 e. The number of thiophene rings is 1. The summed E-state index contributed by atoms with van der Waals surface area (Å²) in [6.45, 7) is 4.94. The van der Waals surface area contributed by atoms with Crippen molar-refractivity contribution in [3.8, 4) is 0 Å². The predicted molar refractivity (Wildman–Crippen MR) is 67.9 cm³/mol. The van der Waals surface area contributed by atoms with Crippen LogP contribution in [-0.4, -0.2) is 32.3 Å². The Hall–Kier alpha value is -0.420. The molecule has 0 atom stereocenters. The van der Waals surface area contributed by atoms with Crippen LogP contribution in [0.25, 0.3) is 0 Å². The Morgan fingerprint density at radius 3 is 3.06 bits per heavy atom. The van der Waals surface area contributed by atoms with E-state index in [1.807, 2.05) is 0 Å². The SMILES string of the molecule is c1cc(CNCCOC2CCNCC2)cs1. The Kier molecular flexibility index (Phi) is 5.28. The van der Waals surface area contributed by atoms with E-state index < -0.39 is 0 Å². The molecule has 3 nitrogen and oxygen atoms in total. The molecule has 2 rings (SSSR count). The van der Waals surface area contributed by atoms with Crippen LogP contribution in [0.1, 0.15) is 18.4 Å². The summed E-state index contributed by atoms with van der Waals surface area (Å²) in [5.74, 6) is 0. The Labute approximate surface area is 101 Å². The third-order valence-electron chi connectivity index (χ3n) is 2.83. The van der Waals surface area contributed by atoms with E-state index in [2.05, 4.69) is 27.5 Å². The Bertz CT molecular complexity index is 271. The zero-order chi connectivity index (χ0) is 11.1. The molecule has 1 fully saturated rings. The van der Waals surface area contributed by atoms with Gasteiger partial charge in [0, 0.05) is 13.1 Å². The molecule has 0 aromatic carbocycles. The first kappa shape index (κ1) is 12.0. The van der Waals surface area contributed by atoms with Gasteiger partial charge in [-0.05, 0) is 48.3 Å². The lowest BCUT2D eigenvalue weighted by atomic mass is 10.1. The monoisotopic (exact) mass is 240 g/mol. The van der Waals surface area contributed by atoms with Crippen molar-refractivity contribution < 1.29 is 4.74 Å². The van der Waals surface area contributed by atoms with Gasteiger partial charge in [0.15, 0.2) is 0 Å². The summed E-state index contributed by atoms with van der Waals surface area (Å²) in [7, 11) is 0. The van der Waals surface area contributed by atoms with E-state index in [0.717, 1.165) is 45.6 Å². The average molecular weight is 240 g/mol. The average Bonchev–Trinajstić information content (AvgIpc) is 2.83.